The zero-order valence-electron chi connectivity index (χ0n) is 12.6. The van der Waals surface area contributed by atoms with Gasteiger partial charge in [0.15, 0.2) is 0 Å². The van der Waals surface area contributed by atoms with Gasteiger partial charge in [0.25, 0.3) is 0 Å². The third-order valence-electron chi connectivity index (χ3n) is 4.33. The molecule has 2 rings (SSSR count). The summed E-state index contributed by atoms with van der Waals surface area (Å²) < 4.78 is 5.57. The largest absolute Gasteiger partial charge is 0.381 e. The van der Waals surface area contributed by atoms with E-state index in [1.165, 1.54) is 24.8 Å². The maximum Gasteiger partial charge on any atom is 0.0586 e. The predicted molar refractivity (Wildman–Crippen MR) is 83.6 cm³/mol. The van der Waals surface area contributed by atoms with E-state index in [2.05, 4.69) is 35.2 Å². The van der Waals surface area contributed by atoms with E-state index >= 15 is 0 Å². The van der Waals surface area contributed by atoms with E-state index in [1.54, 1.807) is 0 Å². The van der Waals surface area contributed by atoms with Crippen molar-refractivity contribution in [2.45, 2.75) is 50.8 Å². The van der Waals surface area contributed by atoms with Crippen molar-refractivity contribution in [3.8, 4) is 0 Å². The molecule has 1 aromatic rings. The van der Waals surface area contributed by atoms with Crippen LogP contribution in [-0.4, -0.2) is 37.2 Å². The molecule has 2 N–H and O–H groups in total. The van der Waals surface area contributed by atoms with E-state index in [9.17, 15) is 0 Å². The molecule has 3 heteroatoms. The van der Waals surface area contributed by atoms with Crippen molar-refractivity contribution in [3.05, 3.63) is 35.9 Å². The van der Waals surface area contributed by atoms with Gasteiger partial charge in [-0.3, -0.25) is 4.90 Å². The summed E-state index contributed by atoms with van der Waals surface area (Å²) in [4.78, 5) is 2.60. The molecule has 0 aromatic heterocycles. The zero-order chi connectivity index (χ0) is 14.2. The van der Waals surface area contributed by atoms with Gasteiger partial charge >= 0.3 is 0 Å². The fourth-order valence-corrected chi connectivity index (χ4v) is 3.17. The Kier molecular flexibility index (Phi) is 6.51. The number of ether oxygens (including phenoxy) is 1. The molecular formula is C17H28N2O. The summed E-state index contributed by atoms with van der Waals surface area (Å²) in [5.74, 6) is 0. The standard InChI is InChI=1S/C17H28N2O/c1-20-17-10-5-9-16(13-17)19(12-6-11-18)14-15-7-3-2-4-8-15/h2-4,7-8,16-17H,5-6,9-14,18H2,1H3. The Morgan fingerprint density at radius 2 is 2.05 bits per heavy atom. The van der Waals surface area contributed by atoms with Gasteiger partial charge in [0, 0.05) is 19.7 Å². The first-order valence-electron chi connectivity index (χ1n) is 7.84. The Hall–Kier alpha value is -0.900. The lowest BCUT2D eigenvalue weighted by Gasteiger charge is -2.37. The number of nitrogens with two attached hydrogens (primary N) is 1. The fraction of sp³-hybridized carbons (Fsp3) is 0.647. The van der Waals surface area contributed by atoms with Gasteiger partial charge in [-0.1, -0.05) is 30.3 Å². The Balaban J connectivity index is 1.98. The molecule has 112 valence electrons. The molecule has 2 atom stereocenters. The first kappa shape index (κ1) is 15.5. The highest BCUT2D eigenvalue weighted by Gasteiger charge is 2.26. The smallest absolute Gasteiger partial charge is 0.0586 e. The highest BCUT2D eigenvalue weighted by atomic mass is 16.5. The van der Waals surface area contributed by atoms with E-state index in [0.29, 0.717) is 12.1 Å². The molecule has 20 heavy (non-hydrogen) atoms. The summed E-state index contributed by atoms with van der Waals surface area (Å²) in [5.41, 5.74) is 7.09. The molecule has 0 spiro atoms. The number of hydrogen-bond acceptors (Lipinski definition) is 3. The lowest BCUT2D eigenvalue weighted by molar-refractivity contribution is 0.0253. The van der Waals surface area contributed by atoms with E-state index in [-0.39, 0.29) is 0 Å². The molecule has 1 fully saturated rings. The molecular weight excluding hydrogens is 248 g/mol. The molecule has 3 nitrogen and oxygen atoms in total. The summed E-state index contributed by atoms with van der Waals surface area (Å²) in [5, 5.41) is 0. The van der Waals surface area contributed by atoms with E-state index in [1.807, 2.05) is 7.11 Å². The molecule has 0 amide bonds. The Labute approximate surface area is 123 Å². The second-order valence-electron chi connectivity index (χ2n) is 5.78. The van der Waals surface area contributed by atoms with Crippen molar-refractivity contribution in [2.75, 3.05) is 20.2 Å². The van der Waals surface area contributed by atoms with Gasteiger partial charge in [-0.05, 0) is 50.8 Å². The summed E-state index contributed by atoms with van der Waals surface area (Å²) in [6, 6.07) is 11.4. The second-order valence-corrected chi connectivity index (χ2v) is 5.78. The van der Waals surface area contributed by atoms with Gasteiger partial charge in [0.05, 0.1) is 6.10 Å². The predicted octanol–water partition coefficient (Wildman–Crippen LogP) is 2.80. The number of benzene rings is 1. The van der Waals surface area contributed by atoms with Crippen LogP contribution < -0.4 is 5.73 Å². The first-order chi connectivity index (χ1) is 9.83. The monoisotopic (exact) mass is 276 g/mol. The summed E-state index contributed by atoms with van der Waals surface area (Å²) in [6.07, 6.45) is 6.44. The Morgan fingerprint density at radius 3 is 2.75 bits per heavy atom. The molecule has 0 aliphatic heterocycles. The third kappa shape index (κ3) is 4.58. The minimum atomic E-state index is 0.435. The van der Waals surface area contributed by atoms with Gasteiger partial charge in [-0.25, -0.2) is 0 Å². The van der Waals surface area contributed by atoms with E-state index in [0.717, 1.165) is 32.5 Å². The number of hydrogen-bond donors (Lipinski definition) is 1. The van der Waals surface area contributed by atoms with Gasteiger partial charge in [-0.2, -0.15) is 0 Å². The molecule has 1 aliphatic carbocycles. The van der Waals surface area contributed by atoms with Crippen molar-refractivity contribution in [2.24, 2.45) is 5.73 Å². The zero-order valence-corrected chi connectivity index (χ0v) is 12.6. The van der Waals surface area contributed by atoms with Crippen LogP contribution in [0.3, 0.4) is 0 Å². The van der Waals surface area contributed by atoms with Crippen LogP contribution in [0.5, 0.6) is 0 Å². The second kappa shape index (κ2) is 8.40. The van der Waals surface area contributed by atoms with Crippen LogP contribution in [0.25, 0.3) is 0 Å². The molecule has 0 radical (unpaired) electrons. The number of rotatable bonds is 7. The minimum absolute atomic E-state index is 0.435. The van der Waals surface area contributed by atoms with Crippen molar-refractivity contribution < 1.29 is 4.74 Å². The van der Waals surface area contributed by atoms with Gasteiger partial charge in [0.2, 0.25) is 0 Å². The fourth-order valence-electron chi connectivity index (χ4n) is 3.17. The highest BCUT2D eigenvalue weighted by Crippen LogP contribution is 2.26. The molecule has 0 saturated heterocycles. The summed E-state index contributed by atoms with van der Waals surface area (Å²) >= 11 is 0. The molecule has 1 aromatic carbocycles. The van der Waals surface area contributed by atoms with Crippen LogP contribution in [0.15, 0.2) is 30.3 Å². The van der Waals surface area contributed by atoms with Crippen molar-refractivity contribution in [1.82, 2.24) is 4.90 Å². The average Bonchev–Trinajstić information content (AvgIpc) is 2.52. The summed E-state index contributed by atoms with van der Waals surface area (Å²) in [6.45, 7) is 2.89. The number of methoxy groups -OCH3 is 1. The molecule has 0 bridgehead atoms. The molecule has 2 unspecified atom stereocenters. The summed E-state index contributed by atoms with van der Waals surface area (Å²) in [7, 11) is 1.84. The third-order valence-corrected chi connectivity index (χ3v) is 4.33. The normalized spacial score (nSPS) is 23.1. The Bertz CT molecular complexity index is 369. The lowest BCUT2D eigenvalue weighted by atomic mass is 9.91. The topological polar surface area (TPSA) is 38.5 Å². The van der Waals surface area contributed by atoms with Gasteiger partial charge in [-0.15, -0.1) is 0 Å². The molecule has 0 heterocycles. The minimum Gasteiger partial charge on any atom is -0.381 e. The van der Waals surface area contributed by atoms with E-state index < -0.39 is 0 Å². The highest BCUT2D eigenvalue weighted by molar-refractivity contribution is 5.14. The van der Waals surface area contributed by atoms with Gasteiger partial charge < -0.3 is 10.5 Å². The van der Waals surface area contributed by atoms with Crippen molar-refractivity contribution in [3.63, 3.8) is 0 Å². The van der Waals surface area contributed by atoms with Crippen molar-refractivity contribution >= 4 is 0 Å². The van der Waals surface area contributed by atoms with Crippen LogP contribution in [0.1, 0.15) is 37.7 Å². The van der Waals surface area contributed by atoms with Crippen LogP contribution in [0.2, 0.25) is 0 Å². The van der Waals surface area contributed by atoms with Crippen LogP contribution in [0.4, 0.5) is 0 Å². The maximum absolute atomic E-state index is 5.70. The van der Waals surface area contributed by atoms with Crippen LogP contribution in [0, 0.1) is 0 Å². The molecule has 1 aliphatic rings. The SMILES string of the molecule is COC1CCCC(N(CCCN)Cc2ccccc2)C1. The lowest BCUT2D eigenvalue weighted by Crippen LogP contribution is -2.41. The molecule has 1 saturated carbocycles. The number of nitrogens with zero attached hydrogens (tertiary/aromatic N) is 1. The van der Waals surface area contributed by atoms with Crippen LogP contribution >= 0.6 is 0 Å². The van der Waals surface area contributed by atoms with Crippen LogP contribution in [-0.2, 0) is 11.3 Å². The van der Waals surface area contributed by atoms with Crippen molar-refractivity contribution in [1.29, 1.82) is 0 Å². The van der Waals surface area contributed by atoms with Gasteiger partial charge in [0.1, 0.15) is 0 Å². The average molecular weight is 276 g/mol. The maximum atomic E-state index is 5.70. The van der Waals surface area contributed by atoms with E-state index in [4.69, 9.17) is 10.5 Å². The quantitative estimate of drug-likeness (QED) is 0.832. The first-order valence-corrected chi connectivity index (χ1v) is 7.84. The Morgan fingerprint density at radius 1 is 1.25 bits per heavy atom.